The summed E-state index contributed by atoms with van der Waals surface area (Å²) in [5, 5.41) is 0. The monoisotopic (exact) mass is 296 g/mol. The zero-order valence-electron chi connectivity index (χ0n) is 12.6. The van der Waals surface area contributed by atoms with Crippen molar-refractivity contribution in [1.82, 2.24) is 4.98 Å². The number of aromatic nitrogens is 1. The Hall–Kier alpha value is -2.15. The second-order valence-corrected chi connectivity index (χ2v) is 4.44. The van der Waals surface area contributed by atoms with E-state index in [1.165, 1.54) is 0 Å². The molecule has 0 aliphatic carbocycles. The van der Waals surface area contributed by atoms with Gasteiger partial charge in [-0.15, -0.1) is 0 Å². The molecule has 1 heterocycles. The minimum Gasteiger partial charge on any atom is -0.464 e. The van der Waals surface area contributed by atoms with E-state index in [-0.39, 0.29) is 24.5 Å². The third-order valence-corrected chi connectivity index (χ3v) is 2.99. The fourth-order valence-electron chi connectivity index (χ4n) is 2.00. The molecule has 7 nitrogen and oxygen atoms in total. The van der Waals surface area contributed by atoms with Gasteiger partial charge < -0.3 is 20.2 Å². The number of carbonyl (C=O) groups excluding carboxylic acids is 3. The molecule has 0 saturated heterocycles. The number of aryl methyl sites for hydroxylation is 1. The molecule has 0 saturated carbocycles. The molecule has 1 aromatic rings. The maximum atomic E-state index is 12.2. The zero-order chi connectivity index (χ0) is 16.2. The number of H-pyrrole nitrogens is 1. The van der Waals surface area contributed by atoms with Gasteiger partial charge >= 0.3 is 11.9 Å². The van der Waals surface area contributed by atoms with E-state index in [0.717, 1.165) is 0 Å². The first-order chi connectivity index (χ1) is 9.84. The number of ether oxygens (including phenoxy) is 2. The number of hydrogen-bond acceptors (Lipinski definition) is 6. The Morgan fingerprint density at radius 3 is 2.24 bits per heavy atom. The van der Waals surface area contributed by atoms with Crippen LogP contribution in [0.5, 0.6) is 0 Å². The second kappa shape index (κ2) is 7.03. The van der Waals surface area contributed by atoms with E-state index in [0.29, 0.717) is 11.3 Å². The smallest absolute Gasteiger partial charge is 0.340 e. The Kier molecular flexibility index (Phi) is 5.66. The molecule has 116 valence electrons. The predicted molar refractivity (Wildman–Crippen MR) is 75.2 cm³/mol. The molecule has 1 aromatic heterocycles. The third-order valence-electron chi connectivity index (χ3n) is 2.99. The Morgan fingerprint density at radius 1 is 1.14 bits per heavy atom. The molecule has 1 rings (SSSR count). The van der Waals surface area contributed by atoms with Crippen LogP contribution in [-0.4, -0.2) is 42.0 Å². The van der Waals surface area contributed by atoms with Crippen molar-refractivity contribution in [2.45, 2.75) is 33.7 Å². The molecule has 0 bridgehead atoms. The normalized spacial score (nSPS) is 11.9. The lowest BCUT2D eigenvalue weighted by Gasteiger charge is -2.09. The molecule has 0 aliphatic heterocycles. The molecule has 0 amide bonds. The van der Waals surface area contributed by atoms with E-state index in [1.807, 2.05) is 0 Å². The van der Waals surface area contributed by atoms with Gasteiger partial charge in [0.25, 0.3) is 0 Å². The van der Waals surface area contributed by atoms with Crippen LogP contribution in [-0.2, 0) is 14.3 Å². The van der Waals surface area contributed by atoms with Gasteiger partial charge in [0, 0.05) is 5.69 Å². The van der Waals surface area contributed by atoms with Crippen molar-refractivity contribution in [3.8, 4) is 0 Å². The average molecular weight is 296 g/mol. The number of nitrogens with one attached hydrogen (secondary N) is 1. The van der Waals surface area contributed by atoms with Crippen LogP contribution >= 0.6 is 0 Å². The lowest BCUT2D eigenvalue weighted by atomic mass is 10.0. The highest BCUT2D eigenvalue weighted by atomic mass is 16.5. The molecule has 7 heteroatoms. The first kappa shape index (κ1) is 16.9. The second-order valence-electron chi connectivity index (χ2n) is 4.44. The van der Waals surface area contributed by atoms with Crippen molar-refractivity contribution in [3.05, 3.63) is 22.5 Å². The van der Waals surface area contributed by atoms with E-state index < -0.39 is 23.8 Å². The highest BCUT2D eigenvalue weighted by molar-refractivity contribution is 6.13. The summed E-state index contributed by atoms with van der Waals surface area (Å²) in [7, 11) is 0. The molecule has 0 fully saturated rings. The number of ketones is 1. The predicted octanol–water partition coefficient (Wildman–Crippen LogP) is 0.881. The number of Topliss-reactive ketones (excluding diaryl/α,β-unsaturated/α-hetero) is 1. The fraction of sp³-hybridized carbons (Fsp3) is 0.500. The van der Waals surface area contributed by atoms with Gasteiger partial charge in [-0.1, -0.05) is 0 Å². The molecule has 0 aliphatic rings. The summed E-state index contributed by atoms with van der Waals surface area (Å²) in [6.07, 6.45) is 0. The van der Waals surface area contributed by atoms with E-state index in [2.05, 4.69) is 4.98 Å². The molecular weight excluding hydrogens is 276 g/mol. The SMILES string of the molecule is CCOC(=O)c1c(C)[nH]c(C(=O)[C@@H](N)C(=O)OCC)c1C. The van der Waals surface area contributed by atoms with Gasteiger partial charge in [0.05, 0.1) is 24.5 Å². The highest BCUT2D eigenvalue weighted by Crippen LogP contribution is 2.20. The molecule has 0 aromatic carbocycles. The van der Waals surface area contributed by atoms with Gasteiger partial charge in [-0.25, -0.2) is 9.59 Å². The Morgan fingerprint density at radius 2 is 1.71 bits per heavy atom. The molecule has 21 heavy (non-hydrogen) atoms. The van der Waals surface area contributed by atoms with Crippen LogP contribution in [0.2, 0.25) is 0 Å². The molecule has 3 N–H and O–H groups in total. The minimum absolute atomic E-state index is 0.121. The largest absolute Gasteiger partial charge is 0.464 e. The van der Waals surface area contributed by atoms with Gasteiger partial charge in [-0.2, -0.15) is 0 Å². The number of nitrogens with two attached hydrogens (primary N) is 1. The summed E-state index contributed by atoms with van der Waals surface area (Å²) >= 11 is 0. The Balaban J connectivity index is 3.10. The highest BCUT2D eigenvalue weighted by Gasteiger charge is 2.30. The third kappa shape index (κ3) is 3.49. The number of hydrogen-bond donors (Lipinski definition) is 2. The van der Waals surface area contributed by atoms with Gasteiger partial charge in [0.2, 0.25) is 5.78 Å². The molecular formula is C14H20N2O5. The molecule has 0 radical (unpaired) electrons. The number of rotatable bonds is 6. The topological polar surface area (TPSA) is 111 Å². The lowest BCUT2D eigenvalue weighted by molar-refractivity contribution is -0.143. The standard InChI is InChI=1S/C14H20N2O5/c1-5-20-13(18)9-7(3)11(16-8(9)4)12(17)10(15)14(19)21-6-2/h10,16H,5-6,15H2,1-4H3/t10-/m1/s1. The fourth-order valence-corrected chi connectivity index (χ4v) is 2.00. The van der Waals surface area contributed by atoms with E-state index in [9.17, 15) is 14.4 Å². The Labute approximate surface area is 122 Å². The first-order valence-corrected chi connectivity index (χ1v) is 6.67. The number of carbonyl (C=O) groups is 3. The number of aromatic amines is 1. The average Bonchev–Trinajstić information content (AvgIpc) is 2.72. The lowest BCUT2D eigenvalue weighted by Crippen LogP contribution is -2.40. The van der Waals surface area contributed by atoms with Crippen molar-refractivity contribution >= 4 is 17.7 Å². The van der Waals surface area contributed by atoms with Crippen molar-refractivity contribution in [2.75, 3.05) is 13.2 Å². The van der Waals surface area contributed by atoms with Gasteiger partial charge in [0.1, 0.15) is 0 Å². The van der Waals surface area contributed by atoms with Crippen LogP contribution in [0.3, 0.4) is 0 Å². The first-order valence-electron chi connectivity index (χ1n) is 6.67. The van der Waals surface area contributed by atoms with Crippen LogP contribution in [0.1, 0.15) is 46.0 Å². The van der Waals surface area contributed by atoms with Crippen LogP contribution in [0.15, 0.2) is 0 Å². The Bertz CT molecular complexity index is 562. The minimum atomic E-state index is -1.42. The van der Waals surface area contributed by atoms with Crippen molar-refractivity contribution in [2.24, 2.45) is 5.73 Å². The van der Waals surface area contributed by atoms with Crippen LogP contribution in [0.25, 0.3) is 0 Å². The van der Waals surface area contributed by atoms with Crippen molar-refractivity contribution in [1.29, 1.82) is 0 Å². The van der Waals surface area contributed by atoms with E-state index in [4.69, 9.17) is 15.2 Å². The van der Waals surface area contributed by atoms with Gasteiger partial charge in [0.15, 0.2) is 6.04 Å². The summed E-state index contributed by atoms with van der Waals surface area (Å²) in [5.74, 6) is -1.94. The maximum absolute atomic E-state index is 12.2. The van der Waals surface area contributed by atoms with Crippen LogP contribution in [0.4, 0.5) is 0 Å². The van der Waals surface area contributed by atoms with E-state index in [1.54, 1.807) is 27.7 Å². The van der Waals surface area contributed by atoms with Crippen LogP contribution < -0.4 is 5.73 Å². The maximum Gasteiger partial charge on any atom is 0.340 e. The molecule has 0 spiro atoms. The zero-order valence-corrected chi connectivity index (χ0v) is 12.6. The summed E-state index contributed by atoms with van der Waals surface area (Å²) in [4.78, 5) is 38.4. The van der Waals surface area contributed by atoms with Crippen molar-refractivity contribution in [3.63, 3.8) is 0 Å². The molecule has 0 unspecified atom stereocenters. The number of esters is 2. The van der Waals surface area contributed by atoms with Gasteiger partial charge in [-0.3, -0.25) is 4.79 Å². The molecule has 1 atom stereocenters. The van der Waals surface area contributed by atoms with E-state index >= 15 is 0 Å². The summed E-state index contributed by atoms with van der Waals surface area (Å²) in [6.45, 7) is 6.92. The van der Waals surface area contributed by atoms with Crippen LogP contribution in [0, 0.1) is 13.8 Å². The summed E-state index contributed by atoms with van der Waals surface area (Å²) < 4.78 is 9.65. The quantitative estimate of drug-likeness (QED) is 0.458. The van der Waals surface area contributed by atoms with Gasteiger partial charge in [-0.05, 0) is 33.3 Å². The summed E-state index contributed by atoms with van der Waals surface area (Å²) in [6, 6.07) is -1.42. The van der Waals surface area contributed by atoms with Crippen molar-refractivity contribution < 1.29 is 23.9 Å². The summed E-state index contributed by atoms with van der Waals surface area (Å²) in [5.41, 5.74) is 6.89.